The van der Waals surface area contributed by atoms with Crippen LogP contribution in [0.4, 0.5) is 23.2 Å². The van der Waals surface area contributed by atoms with E-state index in [9.17, 15) is 22.4 Å². The van der Waals surface area contributed by atoms with E-state index in [-0.39, 0.29) is 25.1 Å². The number of benzene rings is 2. The second-order valence-corrected chi connectivity index (χ2v) is 6.40. The van der Waals surface area contributed by atoms with Crippen molar-refractivity contribution in [1.82, 2.24) is 0 Å². The first-order valence-electron chi connectivity index (χ1n) is 8.31. The standard InChI is InChI=1S/C19H17F4NO3/c20-16-3-1-2-4-17(16)27-15-7-5-13(6-8-15)24-11-12(19(21,22)23)9-14(24)10-18(25)26/h1-8,12,14H,9-11H2,(H,25,26)/t12-,14-/m0/s1. The van der Waals surface area contributed by atoms with Gasteiger partial charge in [-0.25, -0.2) is 4.39 Å². The minimum atomic E-state index is -4.38. The summed E-state index contributed by atoms with van der Waals surface area (Å²) in [6, 6.07) is 11.2. The first-order valence-corrected chi connectivity index (χ1v) is 8.31. The van der Waals surface area contributed by atoms with Crippen LogP contribution in [0.3, 0.4) is 0 Å². The van der Waals surface area contributed by atoms with Crippen molar-refractivity contribution < 1.29 is 32.2 Å². The zero-order valence-electron chi connectivity index (χ0n) is 14.1. The van der Waals surface area contributed by atoms with E-state index in [0.717, 1.165) is 0 Å². The highest BCUT2D eigenvalue weighted by Crippen LogP contribution is 2.40. The fourth-order valence-corrected chi connectivity index (χ4v) is 3.23. The van der Waals surface area contributed by atoms with Crippen LogP contribution in [-0.4, -0.2) is 29.8 Å². The average molecular weight is 383 g/mol. The Kier molecular flexibility index (Phi) is 5.25. The van der Waals surface area contributed by atoms with E-state index in [1.54, 1.807) is 18.2 Å². The molecule has 144 valence electrons. The van der Waals surface area contributed by atoms with E-state index >= 15 is 0 Å². The topological polar surface area (TPSA) is 49.8 Å². The summed E-state index contributed by atoms with van der Waals surface area (Å²) in [5.74, 6) is -2.89. The summed E-state index contributed by atoms with van der Waals surface area (Å²) in [6.07, 6.45) is -5.01. The lowest BCUT2D eigenvalue weighted by Gasteiger charge is -2.26. The maximum atomic E-state index is 13.6. The van der Waals surface area contributed by atoms with Crippen LogP contribution in [0, 0.1) is 11.7 Å². The van der Waals surface area contributed by atoms with E-state index in [4.69, 9.17) is 9.84 Å². The second-order valence-electron chi connectivity index (χ2n) is 6.40. The Hall–Kier alpha value is -2.77. The molecule has 1 N–H and O–H groups in total. The highest BCUT2D eigenvalue weighted by Gasteiger charge is 2.47. The molecule has 2 aromatic rings. The van der Waals surface area contributed by atoms with Gasteiger partial charge in [0.05, 0.1) is 12.3 Å². The van der Waals surface area contributed by atoms with Crippen LogP contribution >= 0.6 is 0 Å². The number of para-hydroxylation sites is 1. The molecule has 27 heavy (non-hydrogen) atoms. The molecule has 8 heteroatoms. The third-order valence-electron chi connectivity index (χ3n) is 4.52. The predicted octanol–water partition coefficient (Wildman–Crippen LogP) is 4.85. The summed E-state index contributed by atoms with van der Waals surface area (Å²) in [5, 5.41) is 9.00. The van der Waals surface area contributed by atoms with Crippen molar-refractivity contribution in [2.24, 2.45) is 5.92 Å². The highest BCUT2D eigenvalue weighted by molar-refractivity contribution is 5.69. The fraction of sp³-hybridized carbons (Fsp3) is 0.316. The Morgan fingerprint density at radius 1 is 1.15 bits per heavy atom. The number of aliphatic carboxylic acids is 1. The number of alkyl halides is 3. The van der Waals surface area contributed by atoms with E-state index in [0.29, 0.717) is 11.4 Å². The molecule has 1 heterocycles. The average Bonchev–Trinajstić information content (AvgIpc) is 3.01. The van der Waals surface area contributed by atoms with Crippen LogP contribution < -0.4 is 9.64 Å². The Morgan fingerprint density at radius 2 is 1.81 bits per heavy atom. The number of halogens is 4. The Bertz CT molecular complexity index is 807. The van der Waals surface area contributed by atoms with Gasteiger partial charge in [-0.1, -0.05) is 12.1 Å². The van der Waals surface area contributed by atoms with E-state index in [1.165, 1.54) is 35.2 Å². The summed E-state index contributed by atoms with van der Waals surface area (Å²) >= 11 is 0. The number of carboxylic acids is 1. The SMILES string of the molecule is O=C(O)C[C@@H]1C[C@H](C(F)(F)F)CN1c1ccc(Oc2ccccc2F)cc1. The molecule has 0 saturated carbocycles. The van der Waals surface area contributed by atoms with Gasteiger partial charge < -0.3 is 14.7 Å². The van der Waals surface area contributed by atoms with Gasteiger partial charge >= 0.3 is 12.1 Å². The number of hydrogen-bond donors (Lipinski definition) is 1. The molecule has 1 aliphatic rings. The Morgan fingerprint density at radius 3 is 2.41 bits per heavy atom. The lowest BCUT2D eigenvalue weighted by atomic mass is 10.0. The molecule has 2 atom stereocenters. The fourth-order valence-electron chi connectivity index (χ4n) is 3.23. The van der Waals surface area contributed by atoms with Gasteiger partial charge in [-0.3, -0.25) is 4.79 Å². The summed E-state index contributed by atoms with van der Waals surface area (Å²) in [7, 11) is 0. The molecule has 2 aromatic carbocycles. The number of carbonyl (C=O) groups is 1. The van der Waals surface area contributed by atoms with Gasteiger partial charge in [0.1, 0.15) is 5.75 Å². The van der Waals surface area contributed by atoms with Gasteiger partial charge in [-0.2, -0.15) is 13.2 Å². The smallest absolute Gasteiger partial charge is 0.393 e. The van der Waals surface area contributed by atoms with Crippen molar-refractivity contribution in [3.63, 3.8) is 0 Å². The van der Waals surface area contributed by atoms with Crippen LogP contribution in [0.1, 0.15) is 12.8 Å². The molecule has 1 aliphatic heterocycles. The molecule has 0 bridgehead atoms. The first-order chi connectivity index (χ1) is 12.7. The first kappa shape index (κ1) is 19.0. The van der Waals surface area contributed by atoms with Crippen molar-refractivity contribution in [2.45, 2.75) is 25.1 Å². The van der Waals surface area contributed by atoms with Crippen LogP contribution in [0.5, 0.6) is 11.5 Å². The Labute approximate surface area is 153 Å². The molecular weight excluding hydrogens is 366 g/mol. The highest BCUT2D eigenvalue weighted by atomic mass is 19.4. The summed E-state index contributed by atoms with van der Waals surface area (Å²) in [6.45, 7) is -0.297. The van der Waals surface area contributed by atoms with Crippen molar-refractivity contribution in [3.8, 4) is 11.5 Å². The lowest BCUT2D eigenvalue weighted by Crippen LogP contribution is -2.32. The summed E-state index contributed by atoms with van der Waals surface area (Å²) < 4.78 is 58.3. The molecule has 0 radical (unpaired) electrons. The van der Waals surface area contributed by atoms with Crippen molar-refractivity contribution >= 4 is 11.7 Å². The maximum absolute atomic E-state index is 13.6. The number of rotatable bonds is 5. The van der Waals surface area contributed by atoms with Gasteiger partial charge in [0.25, 0.3) is 0 Å². The molecular formula is C19H17F4NO3. The molecule has 0 spiro atoms. The van der Waals surface area contributed by atoms with Crippen LogP contribution in [0.2, 0.25) is 0 Å². The zero-order valence-corrected chi connectivity index (χ0v) is 14.1. The summed E-state index contributed by atoms with van der Waals surface area (Å²) in [5.41, 5.74) is 0.467. The molecule has 4 nitrogen and oxygen atoms in total. The normalized spacial score (nSPS) is 19.9. The third-order valence-corrected chi connectivity index (χ3v) is 4.52. The number of ether oxygens (including phenoxy) is 1. The summed E-state index contributed by atoms with van der Waals surface area (Å²) in [4.78, 5) is 12.5. The van der Waals surface area contributed by atoms with Gasteiger partial charge in [0, 0.05) is 18.3 Å². The van der Waals surface area contributed by atoms with E-state index in [1.807, 2.05) is 0 Å². The largest absolute Gasteiger partial charge is 0.481 e. The number of hydrogen-bond acceptors (Lipinski definition) is 3. The van der Waals surface area contributed by atoms with Crippen LogP contribution in [0.15, 0.2) is 48.5 Å². The lowest BCUT2D eigenvalue weighted by molar-refractivity contribution is -0.169. The van der Waals surface area contributed by atoms with Gasteiger partial charge in [-0.15, -0.1) is 0 Å². The van der Waals surface area contributed by atoms with Gasteiger partial charge in [0.2, 0.25) is 0 Å². The minimum Gasteiger partial charge on any atom is -0.481 e. The molecule has 0 aromatic heterocycles. The minimum absolute atomic E-state index is 0.0345. The molecule has 3 rings (SSSR count). The number of nitrogens with zero attached hydrogens (tertiary/aromatic N) is 1. The van der Waals surface area contributed by atoms with E-state index < -0.39 is 29.9 Å². The van der Waals surface area contributed by atoms with E-state index in [2.05, 4.69) is 0 Å². The van der Waals surface area contributed by atoms with Crippen molar-refractivity contribution in [1.29, 1.82) is 0 Å². The quantitative estimate of drug-likeness (QED) is 0.750. The second kappa shape index (κ2) is 7.46. The predicted molar refractivity (Wildman–Crippen MR) is 90.5 cm³/mol. The van der Waals surface area contributed by atoms with Gasteiger partial charge in [0.15, 0.2) is 11.6 Å². The van der Waals surface area contributed by atoms with Crippen LogP contribution in [-0.2, 0) is 4.79 Å². The molecule has 1 fully saturated rings. The molecule has 1 saturated heterocycles. The zero-order chi connectivity index (χ0) is 19.6. The molecule has 0 amide bonds. The number of carboxylic acid groups (broad SMARTS) is 1. The number of anilines is 1. The monoisotopic (exact) mass is 383 g/mol. The molecule has 0 aliphatic carbocycles. The molecule has 0 unspecified atom stereocenters. The van der Waals surface area contributed by atoms with Crippen molar-refractivity contribution in [3.05, 3.63) is 54.3 Å². The Balaban J connectivity index is 1.77. The third kappa shape index (κ3) is 4.50. The van der Waals surface area contributed by atoms with Crippen molar-refractivity contribution in [2.75, 3.05) is 11.4 Å². The van der Waals surface area contributed by atoms with Gasteiger partial charge in [-0.05, 0) is 42.8 Å². The van der Waals surface area contributed by atoms with Crippen LogP contribution in [0.25, 0.3) is 0 Å². The maximum Gasteiger partial charge on any atom is 0.393 e.